The molecule has 2 aromatic heterocycles. The lowest BCUT2D eigenvalue weighted by Crippen LogP contribution is -2.39. The van der Waals surface area contributed by atoms with Gasteiger partial charge in [0.25, 0.3) is 5.91 Å². The minimum absolute atomic E-state index is 0.164. The molecule has 0 bridgehead atoms. The molecule has 0 unspecified atom stereocenters. The van der Waals surface area contributed by atoms with Crippen molar-refractivity contribution in [2.24, 2.45) is 0 Å². The molecule has 2 aromatic rings. The maximum atomic E-state index is 12.5. The topological polar surface area (TPSA) is 38.1 Å². The fourth-order valence-electron chi connectivity index (χ4n) is 3.01. The van der Waals surface area contributed by atoms with E-state index in [-0.39, 0.29) is 5.91 Å². The van der Waals surface area contributed by atoms with Crippen LogP contribution in [0.25, 0.3) is 0 Å². The zero-order valence-corrected chi connectivity index (χ0v) is 13.3. The molecule has 1 saturated heterocycles. The van der Waals surface area contributed by atoms with Gasteiger partial charge in [0.05, 0.1) is 4.88 Å². The van der Waals surface area contributed by atoms with Gasteiger partial charge in [0.1, 0.15) is 5.82 Å². The Bertz CT molecular complexity index is 603. The third-order valence-corrected chi connectivity index (χ3v) is 4.92. The second kappa shape index (κ2) is 6.02. The molecule has 3 heterocycles. The number of hydrogen-bond donors (Lipinski definition) is 0. The molecule has 4 nitrogen and oxygen atoms in total. The van der Waals surface area contributed by atoms with Crippen LogP contribution >= 0.6 is 11.3 Å². The molecule has 5 heteroatoms. The Morgan fingerprint density at radius 3 is 3.05 bits per heavy atom. The predicted molar refractivity (Wildman–Crippen MR) is 84.8 cm³/mol. The van der Waals surface area contributed by atoms with E-state index in [0.29, 0.717) is 12.0 Å². The molecule has 0 N–H and O–H groups in total. The van der Waals surface area contributed by atoms with Crippen LogP contribution in [0, 0.1) is 0 Å². The van der Waals surface area contributed by atoms with Gasteiger partial charge in [-0.05, 0) is 38.1 Å². The minimum atomic E-state index is 0.164. The van der Waals surface area contributed by atoms with Gasteiger partial charge in [-0.1, -0.05) is 6.07 Å². The van der Waals surface area contributed by atoms with Gasteiger partial charge in [-0.15, -0.1) is 11.3 Å². The first kappa shape index (κ1) is 14.3. The molecule has 0 spiro atoms. The smallest absolute Gasteiger partial charge is 0.263 e. The summed E-state index contributed by atoms with van der Waals surface area (Å²) in [7, 11) is 0. The maximum absolute atomic E-state index is 12.5. The molecule has 21 heavy (non-hydrogen) atoms. The molecule has 0 saturated carbocycles. The van der Waals surface area contributed by atoms with Gasteiger partial charge in [0.2, 0.25) is 0 Å². The van der Waals surface area contributed by atoms with Crippen molar-refractivity contribution < 1.29 is 4.79 Å². The number of piperidine rings is 1. The summed E-state index contributed by atoms with van der Waals surface area (Å²) < 4.78 is 2.23. The van der Waals surface area contributed by atoms with Crippen LogP contribution < -0.4 is 0 Å². The minimum Gasteiger partial charge on any atom is -0.337 e. The number of rotatable bonds is 3. The summed E-state index contributed by atoms with van der Waals surface area (Å²) in [6, 6.07) is 4.25. The van der Waals surface area contributed by atoms with Crippen molar-refractivity contribution in [3.8, 4) is 0 Å². The van der Waals surface area contributed by atoms with Crippen molar-refractivity contribution in [1.29, 1.82) is 0 Å². The summed E-state index contributed by atoms with van der Waals surface area (Å²) in [5.41, 5.74) is 0. The number of hydrogen-bond acceptors (Lipinski definition) is 3. The quantitative estimate of drug-likeness (QED) is 0.869. The van der Waals surface area contributed by atoms with E-state index in [9.17, 15) is 4.79 Å². The largest absolute Gasteiger partial charge is 0.337 e. The van der Waals surface area contributed by atoms with Crippen molar-refractivity contribution in [1.82, 2.24) is 14.5 Å². The van der Waals surface area contributed by atoms with Crippen molar-refractivity contribution in [2.45, 2.75) is 38.6 Å². The van der Waals surface area contributed by atoms with Gasteiger partial charge in [-0.3, -0.25) is 4.79 Å². The summed E-state index contributed by atoms with van der Waals surface area (Å²) in [6.07, 6.45) is 6.07. The van der Waals surface area contributed by atoms with Crippen LogP contribution in [-0.4, -0.2) is 33.4 Å². The van der Waals surface area contributed by atoms with Gasteiger partial charge >= 0.3 is 0 Å². The van der Waals surface area contributed by atoms with Crippen molar-refractivity contribution in [3.63, 3.8) is 0 Å². The fraction of sp³-hybridized carbons (Fsp3) is 0.500. The van der Waals surface area contributed by atoms with Crippen LogP contribution in [0.2, 0.25) is 0 Å². The van der Waals surface area contributed by atoms with Gasteiger partial charge in [-0.25, -0.2) is 4.98 Å². The molecule has 1 aliphatic heterocycles. The van der Waals surface area contributed by atoms with Crippen LogP contribution in [0.3, 0.4) is 0 Å². The van der Waals surface area contributed by atoms with E-state index in [1.807, 2.05) is 34.8 Å². The van der Waals surface area contributed by atoms with Crippen LogP contribution in [-0.2, 0) is 0 Å². The Kier molecular flexibility index (Phi) is 4.10. The van der Waals surface area contributed by atoms with E-state index in [1.165, 1.54) is 11.3 Å². The molecule has 0 aromatic carbocycles. The maximum Gasteiger partial charge on any atom is 0.263 e. The van der Waals surface area contributed by atoms with Crippen LogP contribution in [0.1, 0.15) is 54.1 Å². The lowest BCUT2D eigenvalue weighted by atomic mass is 9.96. The summed E-state index contributed by atoms with van der Waals surface area (Å²) in [5, 5.41) is 1.96. The second-order valence-corrected chi connectivity index (χ2v) is 6.80. The van der Waals surface area contributed by atoms with Crippen LogP contribution in [0.5, 0.6) is 0 Å². The standard InChI is InChI=1S/C16H21N3OS/c1-12(2)19-9-7-17-15(19)13-5-3-8-18(11-13)16(20)14-6-4-10-21-14/h4,6-7,9-10,12-13H,3,5,8,11H2,1-2H3/t13-/m0/s1. The van der Waals surface area contributed by atoms with Gasteiger partial charge in [-0.2, -0.15) is 0 Å². The van der Waals surface area contributed by atoms with E-state index in [2.05, 4.69) is 23.4 Å². The molecule has 112 valence electrons. The molecule has 1 atom stereocenters. The number of nitrogens with zero attached hydrogens (tertiary/aromatic N) is 3. The zero-order chi connectivity index (χ0) is 14.8. The molecule has 0 aliphatic carbocycles. The molecule has 1 aliphatic rings. The number of imidazole rings is 1. The lowest BCUT2D eigenvalue weighted by Gasteiger charge is -2.32. The molecule has 1 amide bonds. The van der Waals surface area contributed by atoms with Crippen molar-refractivity contribution >= 4 is 17.2 Å². The Morgan fingerprint density at radius 2 is 2.33 bits per heavy atom. The number of aromatic nitrogens is 2. The highest BCUT2D eigenvalue weighted by Crippen LogP contribution is 2.28. The molecular weight excluding hydrogens is 282 g/mol. The van der Waals surface area contributed by atoms with E-state index in [4.69, 9.17) is 0 Å². The van der Waals surface area contributed by atoms with E-state index < -0.39 is 0 Å². The first-order valence-electron chi connectivity index (χ1n) is 7.52. The van der Waals surface area contributed by atoms with Gasteiger partial charge < -0.3 is 9.47 Å². The highest BCUT2D eigenvalue weighted by molar-refractivity contribution is 7.12. The molecule has 0 radical (unpaired) electrons. The summed E-state index contributed by atoms with van der Waals surface area (Å²) in [5.74, 6) is 1.63. The Morgan fingerprint density at radius 1 is 1.48 bits per heavy atom. The van der Waals surface area contributed by atoms with E-state index in [0.717, 1.165) is 36.6 Å². The summed E-state index contributed by atoms with van der Waals surface area (Å²) in [6.45, 7) is 5.97. The third kappa shape index (κ3) is 2.88. The Hall–Kier alpha value is -1.62. The average Bonchev–Trinajstić information content (AvgIpc) is 3.17. The van der Waals surface area contributed by atoms with Crippen LogP contribution in [0.4, 0.5) is 0 Å². The number of carbonyl (C=O) groups excluding carboxylic acids is 1. The van der Waals surface area contributed by atoms with E-state index in [1.54, 1.807) is 0 Å². The number of amides is 1. The molecule has 1 fully saturated rings. The first-order chi connectivity index (χ1) is 10.2. The highest BCUT2D eigenvalue weighted by atomic mass is 32.1. The summed E-state index contributed by atoms with van der Waals surface area (Å²) >= 11 is 1.52. The third-order valence-electron chi connectivity index (χ3n) is 4.06. The highest BCUT2D eigenvalue weighted by Gasteiger charge is 2.28. The van der Waals surface area contributed by atoms with Gasteiger partial charge in [0.15, 0.2) is 0 Å². The number of carbonyl (C=O) groups is 1. The van der Waals surface area contributed by atoms with Crippen LogP contribution in [0.15, 0.2) is 29.9 Å². The first-order valence-corrected chi connectivity index (χ1v) is 8.40. The predicted octanol–water partition coefficient (Wildman–Crippen LogP) is 3.55. The monoisotopic (exact) mass is 303 g/mol. The van der Waals surface area contributed by atoms with E-state index >= 15 is 0 Å². The second-order valence-electron chi connectivity index (χ2n) is 5.85. The normalized spacial score (nSPS) is 19.2. The molecule has 3 rings (SSSR count). The Labute approximate surface area is 129 Å². The van der Waals surface area contributed by atoms with Crippen molar-refractivity contribution in [2.75, 3.05) is 13.1 Å². The zero-order valence-electron chi connectivity index (χ0n) is 12.5. The average molecular weight is 303 g/mol. The summed E-state index contributed by atoms with van der Waals surface area (Å²) in [4.78, 5) is 19.9. The number of likely N-dealkylation sites (tertiary alicyclic amines) is 1. The fourth-order valence-corrected chi connectivity index (χ4v) is 3.70. The Balaban J connectivity index is 1.77. The van der Waals surface area contributed by atoms with Gasteiger partial charge in [0, 0.05) is 37.4 Å². The lowest BCUT2D eigenvalue weighted by molar-refractivity contribution is 0.0708. The molecular formula is C16H21N3OS. The van der Waals surface area contributed by atoms with Crippen molar-refractivity contribution in [3.05, 3.63) is 40.6 Å². The number of thiophene rings is 1. The SMILES string of the molecule is CC(C)n1ccnc1[C@H]1CCCN(C(=O)c2cccs2)C1.